The highest BCUT2D eigenvalue weighted by Crippen LogP contribution is 2.46. The number of fused-ring (bicyclic) bond motifs is 1. The Hall–Kier alpha value is -3.21. The van der Waals surface area contributed by atoms with Crippen LogP contribution in [-0.2, 0) is 22.2 Å². The Kier molecular flexibility index (Phi) is 6.72. The van der Waals surface area contributed by atoms with Crippen LogP contribution in [-0.4, -0.2) is 11.1 Å². The molecule has 0 saturated carbocycles. The van der Waals surface area contributed by atoms with Gasteiger partial charge in [-0.3, -0.25) is 4.79 Å². The van der Waals surface area contributed by atoms with Gasteiger partial charge in [0, 0.05) is 12.0 Å². The van der Waals surface area contributed by atoms with Crippen molar-refractivity contribution < 1.29 is 23.4 Å². The fraction of sp³-hybridized carbons (Fsp3) is 0.367. The van der Waals surface area contributed by atoms with Crippen LogP contribution in [0.2, 0.25) is 0 Å². The Balaban J connectivity index is 1.52. The first-order chi connectivity index (χ1) is 16.4. The van der Waals surface area contributed by atoms with Gasteiger partial charge in [-0.2, -0.15) is 0 Å². The number of carboxylic acids is 1. The van der Waals surface area contributed by atoms with E-state index in [-0.39, 0.29) is 22.8 Å². The molecule has 0 aromatic heterocycles. The van der Waals surface area contributed by atoms with E-state index in [1.54, 1.807) is 24.3 Å². The predicted molar refractivity (Wildman–Crippen MR) is 133 cm³/mol. The number of benzene rings is 3. The monoisotopic (exact) mass is 478 g/mol. The van der Waals surface area contributed by atoms with Crippen molar-refractivity contribution in [1.82, 2.24) is 0 Å². The maximum atomic E-state index is 13.8. The third-order valence-electron chi connectivity index (χ3n) is 7.27. The summed E-state index contributed by atoms with van der Waals surface area (Å²) >= 11 is 0. The molecule has 0 bridgehead atoms. The smallest absolute Gasteiger partial charge is 0.304 e. The molecule has 0 spiro atoms. The number of carboxylic acid groups (broad SMARTS) is 1. The first-order valence-electron chi connectivity index (χ1n) is 12.0. The van der Waals surface area contributed by atoms with Crippen LogP contribution in [0.4, 0.5) is 8.78 Å². The first-order valence-corrected chi connectivity index (χ1v) is 12.0. The Morgan fingerprint density at radius 3 is 2.06 bits per heavy atom. The molecule has 184 valence electrons. The molecule has 1 atom stereocenters. The molecule has 0 aliphatic heterocycles. The number of aliphatic carboxylic acids is 1. The summed E-state index contributed by atoms with van der Waals surface area (Å²) in [5.41, 5.74) is 5.11. The summed E-state index contributed by atoms with van der Waals surface area (Å²) in [6.45, 7) is 9.60. The Bertz CT molecular complexity index is 1210. The van der Waals surface area contributed by atoms with Crippen LogP contribution < -0.4 is 4.74 Å². The minimum Gasteiger partial charge on any atom is -0.489 e. The molecule has 0 heterocycles. The van der Waals surface area contributed by atoms with Crippen LogP contribution >= 0.6 is 0 Å². The van der Waals surface area contributed by atoms with Gasteiger partial charge >= 0.3 is 5.97 Å². The highest BCUT2D eigenvalue weighted by atomic mass is 19.1. The summed E-state index contributed by atoms with van der Waals surface area (Å²) in [6.07, 6.45) is 2.04. The Labute approximate surface area is 205 Å². The molecule has 1 aliphatic rings. The molecule has 35 heavy (non-hydrogen) atoms. The normalized spacial score (nSPS) is 16.9. The number of carbonyl (C=O) groups is 1. The number of hydrogen-bond acceptors (Lipinski definition) is 2. The third kappa shape index (κ3) is 5.55. The number of halogens is 2. The predicted octanol–water partition coefficient (Wildman–Crippen LogP) is 7.50. The Morgan fingerprint density at radius 1 is 0.857 bits per heavy atom. The van der Waals surface area contributed by atoms with Crippen LogP contribution in [0.15, 0.2) is 60.7 Å². The number of hydrogen-bond donors (Lipinski definition) is 1. The molecule has 5 heteroatoms. The molecule has 3 aromatic carbocycles. The molecule has 1 unspecified atom stereocenters. The van der Waals surface area contributed by atoms with Gasteiger partial charge in [-0.1, -0.05) is 58.0 Å². The van der Waals surface area contributed by atoms with E-state index >= 15 is 0 Å². The lowest BCUT2D eigenvalue weighted by Gasteiger charge is -2.42. The van der Waals surface area contributed by atoms with Gasteiger partial charge in [0.15, 0.2) is 0 Å². The third-order valence-corrected chi connectivity index (χ3v) is 7.27. The van der Waals surface area contributed by atoms with Crippen molar-refractivity contribution >= 4 is 5.97 Å². The molecular formula is C30H32F2O3. The van der Waals surface area contributed by atoms with Gasteiger partial charge in [0.05, 0.1) is 6.42 Å². The lowest BCUT2D eigenvalue weighted by Crippen LogP contribution is -2.33. The summed E-state index contributed by atoms with van der Waals surface area (Å²) < 4.78 is 33.5. The fourth-order valence-electron chi connectivity index (χ4n) is 5.07. The average Bonchev–Trinajstić information content (AvgIpc) is 2.79. The van der Waals surface area contributed by atoms with E-state index < -0.39 is 23.5 Å². The van der Waals surface area contributed by atoms with E-state index in [4.69, 9.17) is 4.74 Å². The summed E-state index contributed by atoms with van der Waals surface area (Å²) in [5.74, 6) is -2.53. The van der Waals surface area contributed by atoms with Crippen LogP contribution in [0.1, 0.15) is 80.7 Å². The Morgan fingerprint density at radius 2 is 1.46 bits per heavy atom. The van der Waals surface area contributed by atoms with Gasteiger partial charge in [-0.05, 0) is 75.8 Å². The molecular weight excluding hydrogens is 446 g/mol. The molecule has 0 saturated heterocycles. The molecule has 4 rings (SSSR count). The molecule has 0 radical (unpaired) electrons. The summed E-state index contributed by atoms with van der Waals surface area (Å²) in [4.78, 5) is 11.4. The molecule has 0 amide bonds. The minimum absolute atomic E-state index is 0.123. The van der Waals surface area contributed by atoms with Gasteiger partial charge < -0.3 is 9.84 Å². The van der Waals surface area contributed by atoms with Gasteiger partial charge in [0.25, 0.3) is 0 Å². The molecule has 1 N–H and O–H groups in total. The lowest BCUT2D eigenvalue weighted by molar-refractivity contribution is -0.137. The summed E-state index contributed by atoms with van der Waals surface area (Å²) in [7, 11) is 0. The van der Waals surface area contributed by atoms with E-state index in [9.17, 15) is 18.7 Å². The molecule has 3 nitrogen and oxygen atoms in total. The maximum absolute atomic E-state index is 13.8. The molecule has 0 fully saturated rings. The lowest BCUT2D eigenvalue weighted by atomic mass is 9.63. The number of rotatable bonds is 7. The average molecular weight is 479 g/mol. The van der Waals surface area contributed by atoms with E-state index in [1.807, 2.05) is 0 Å². The van der Waals surface area contributed by atoms with Crippen molar-refractivity contribution in [2.75, 3.05) is 0 Å². The fourth-order valence-corrected chi connectivity index (χ4v) is 5.07. The zero-order chi connectivity index (χ0) is 25.4. The van der Waals surface area contributed by atoms with Crippen LogP contribution in [0.25, 0.3) is 0 Å². The first kappa shape index (κ1) is 24.9. The van der Waals surface area contributed by atoms with E-state index in [0.29, 0.717) is 17.9 Å². The van der Waals surface area contributed by atoms with Crippen molar-refractivity contribution in [2.45, 2.75) is 70.3 Å². The summed E-state index contributed by atoms with van der Waals surface area (Å²) in [5, 5.41) is 9.35. The number of ether oxygens (including phenoxy) is 1. The topological polar surface area (TPSA) is 46.5 Å². The second kappa shape index (κ2) is 9.44. The minimum atomic E-state index is -1.04. The van der Waals surface area contributed by atoms with Gasteiger partial charge in [0.2, 0.25) is 0 Å². The second-order valence-corrected chi connectivity index (χ2v) is 10.9. The quantitative estimate of drug-likeness (QED) is 0.382. The highest BCUT2D eigenvalue weighted by Gasteiger charge is 2.36. The van der Waals surface area contributed by atoms with Gasteiger partial charge in [0.1, 0.15) is 24.0 Å². The zero-order valence-corrected chi connectivity index (χ0v) is 20.7. The van der Waals surface area contributed by atoms with Crippen molar-refractivity contribution in [3.05, 3.63) is 100 Å². The molecule has 1 aliphatic carbocycles. The highest BCUT2D eigenvalue weighted by molar-refractivity contribution is 5.69. The second-order valence-electron chi connectivity index (χ2n) is 10.9. The van der Waals surface area contributed by atoms with Crippen LogP contribution in [0.3, 0.4) is 0 Å². The zero-order valence-electron chi connectivity index (χ0n) is 20.7. The summed E-state index contributed by atoms with van der Waals surface area (Å²) in [6, 6.07) is 16.8. The SMILES string of the molecule is CC1(C)CCC(C)(C)c2cc(COc3ccc(C(CC(=O)O)c4cc(F)cc(F)c4)cc3)ccc21. The van der Waals surface area contributed by atoms with Gasteiger partial charge in [-0.15, -0.1) is 0 Å². The molecule has 3 aromatic rings. The van der Waals surface area contributed by atoms with Crippen molar-refractivity contribution in [2.24, 2.45) is 0 Å². The largest absolute Gasteiger partial charge is 0.489 e. The van der Waals surface area contributed by atoms with E-state index in [0.717, 1.165) is 18.1 Å². The van der Waals surface area contributed by atoms with Crippen LogP contribution in [0.5, 0.6) is 5.75 Å². The van der Waals surface area contributed by atoms with E-state index in [1.165, 1.54) is 29.7 Å². The van der Waals surface area contributed by atoms with Crippen LogP contribution in [0, 0.1) is 11.6 Å². The van der Waals surface area contributed by atoms with Crippen molar-refractivity contribution in [3.8, 4) is 5.75 Å². The van der Waals surface area contributed by atoms with Crippen molar-refractivity contribution in [1.29, 1.82) is 0 Å². The maximum Gasteiger partial charge on any atom is 0.304 e. The standard InChI is InChI=1S/C30H32F2O3/c1-29(2)11-12-30(3,4)27-13-19(5-10-26(27)29)18-35-24-8-6-20(7-9-24)25(17-28(33)34)21-14-22(31)16-23(32)15-21/h5-10,13-16,25H,11-12,17-18H2,1-4H3,(H,33,34). The van der Waals surface area contributed by atoms with Crippen molar-refractivity contribution in [3.63, 3.8) is 0 Å². The van der Waals surface area contributed by atoms with Gasteiger partial charge in [-0.25, -0.2) is 8.78 Å². The van der Waals surface area contributed by atoms with E-state index in [2.05, 4.69) is 45.9 Å².